The largest absolute Gasteiger partial charge is 0.492 e. The third kappa shape index (κ3) is 2.66. The van der Waals surface area contributed by atoms with E-state index >= 15 is 0 Å². The van der Waals surface area contributed by atoms with E-state index in [2.05, 4.69) is 5.10 Å². The molecule has 0 atom stereocenters. The van der Waals surface area contributed by atoms with E-state index in [1.165, 1.54) is 18.2 Å². The van der Waals surface area contributed by atoms with Crippen LogP contribution < -0.4 is 4.74 Å². The molecule has 1 aromatic carbocycles. The molecule has 5 nitrogen and oxygen atoms in total. The molecule has 0 radical (unpaired) electrons. The van der Waals surface area contributed by atoms with Gasteiger partial charge in [-0.05, 0) is 39.0 Å². The van der Waals surface area contributed by atoms with Gasteiger partial charge < -0.3 is 4.74 Å². The molecule has 0 unspecified atom stereocenters. The first-order chi connectivity index (χ1) is 9.36. The zero-order valence-electron chi connectivity index (χ0n) is 11.4. The van der Waals surface area contributed by atoms with E-state index in [4.69, 9.17) is 16.3 Å². The highest BCUT2D eigenvalue weighted by Gasteiger charge is 2.21. The van der Waals surface area contributed by atoms with Gasteiger partial charge in [-0.15, -0.1) is 0 Å². The summed E-state index contributed by atoms with van der Waals surface area (Å²) in [5.41, 5.74) is 1.19. The third-order valence-electron chi connectivity index (χ3n) is 2.70. The zero-order valence-corrected chi connectivity index (χ0v) is 13.0. The molecule has 108 valence electrons. The van der Waals surface area contributed by atoms with Crippen molar-refractivity contribution < 1.29 is 13.2 Å². The predicted molar refractivity (Wildman–Crippen MR) is 76.9 cm³/mol. The number of hydrogen-bond acceptors (Lipinski definition) is 4. The summed E-state index contributed by atoms with van der Waals surface area (Å²) in [5, 5.41) is 4.39. The minimum absolute atomic E-state index is 0.0940. The topological polar surface area (TPSA) is 61.2 Å². The smallest absolute Gasteiger partial charge is 0.283 e. The van der Waals surface area contributed by atoms with Crippen LogP contribution >= 0.6 is 11.6 Å². The Hall–Kier alpha value is -1.53. The van der Waals surface area contributed by atoms with Crippen molar-refractivity contribution in [2.24, 2.45) is 0 Å². The van der Waals surface area contributed by atoms with Crippen LogP contribution in [0.25, 0.3) is 0 Å². The molecule has 0 saturated carbocycles. The van der Waals surface area contributed by atoms with E-state index in [1.54, 1.807) is 26.8 Å². The molecule has 1 aromatic heterocycles. The van der Waals surface area contributed by atoms with Gasteiger partial charge in [-0.3, -0.25) is 0 Å². The molecular weight excluding hydrogens is 300 g/mol. The quantitative estimate of drug-likeness (QED) is 0.870. The summed E-state index contributed by atoms with van der Waals surface area (Å²) in [5.74, 6) is 0.344. The lowest BCUT2D eigenvalue weighted by Crippen LogP contribution is -2.16. The van der Waals surface area contributed by atoms with Crippen LogP contribution in [0.2, 0.25) is 5.02 Å². The van der Waals surface area contributed by atoms with Gasteiger partial charge in [-0.2, -0.15) is 17.6 Å². The van der Waals surface area contributed by atoms with Crippen molar-refractivity contribution in [1.82, 2.24) is 9.19 Å². The molecule has 7 heteroatoms. The Kier molecular flexibility index (Phi) is 4.06. The van der Waals surface area contributed by atoms with Gasteiger partial charge in [0.1, 0.15) is 5.75 Å². The van der Waals surface area contributed by atoms with E-state index in [0.717, 1.165) is 4.09 Å². The summed E-state index contributed by atoms with van der Waals surface area (Å²) in [6, 6.07) is 6.07. The van der Waals surface area contributed by atoms with Crippen molar-refractivity contribution >= 4 is 21.6 Å². The molecule has 0 N–H and O–H groups in total. The fourth-order valence-corrected chi connectivity index (χ4v) is 3.40. The van der Waals surface area contributed by atoms with Crippen molar-refractivity contribution in [2.45, 2.75) is 25.7 Å². The van der Waals surface area contributed by atoms with Gasteiger partial charge in [0.25, 0.3) is 10.0 Å². The monoisotopic (exact) mass is 314 g/mol. The fraction of sp³-hybridized carbons (Fsp3) is 0.308. The SMILES string of the molecule is CCOc1cc(S(=O)(=O)n2nc(C)cc2C)ccc1Cl. The highest BCUT2D eigenvalue weighted by Crippen LogP contribution is 2.28. The van der Waals surface area contributed by atoms with Crippen LogP contribution in [0.1, 0.15) is 18.3 Å². The summed E-state index contributed by atoms with van der Waals surface area (Å²) in [6.45, 7) is 5.64. The normalized spacial score (nSPS) is 11.6. The van der Waals surface area contributed by atoms with Gasteiger partial charge in [0.15, 0.2) is 0 Å². The van der Waals surface area contributed by atoms with Crippen LogP contribution in [-0.2, 0) is 10.0 Å². The summed E-state index contributed by atoms with van der Waals surface area (Å²) in [6.07, 6.45) is 0. The molecule has 20 heavy (non-hydrogen) atoms. The van der Waals surface area contributed by atoms with Crippen LogP contribution in [0.4, 0.5) is 0 Å². The minimum Gasteiger partial charge on any atom is -0.492 e. The van der Waals surface area contributed by atoms with Gasteiger partial charge >= 0.3 is 0 Å². The van der Waals surface area contributed by atoms with Crippen molar-refractivity contribution in [2.75, 3.05) is 6.61 Å². The average Bonchev–Trinajstić information content (AvgIpc) is 2.72. The highest BCUT2D eigenvalue weighted by atomic mass is 35.5. The lowest BCUT2D eigenvalue weighted by Gasteiger charge is -2.10. The zero-order chi connectivity index (χ0) is 14.9. The van der Waals surface area contributed by atoms with Crippen LogP contribution in [-0.4, -0.2) is 24.2 Å². The Morgan fingerprint density at radius 2 is 2.00 bits per heavy atom. The Bertz CT molecular complexity index is 738. The lowest BCUT2D eigenvalue weighted by molar-refractivity contribution is 0.339. The number of hydrogen-bond donors (Lipinski definition) is 0. The number of ether oxygens (including phenoxy) is 1. The number of benzene rings is 1. The Labute approximate surface area is 123 Å². The maximum Gasteiger partial charge on any atom is 0.283 e. The van der Waals surface area contributed by atoms with E-state index in [0.29, 0.717) is 28.8 Å². The van der Waals surface area contributed by atoms with E-state index < -0.39 is 10.0 Å². The minimum atomic E-state index is -3.74. The number of aromatic nitrogens is 2. The van der Waals surface area contributed by atoms with Crippen LogP contribution in [0, 0.1) is 13.8 Å². The summed E-state index contributed by atoms with van der Waals surface area (Å²) < 4.78 is 31.4. The molecule has 0 aliphatic heterocycles. The molecule has 2 rings (SSSR count). The second-order valence-electron chi connectivity index (χ2n) is 4.30. The molecule has 0 aliphatic rings. The first-order valence-electron chi connectivity index (χ1n) is 6.07. The van der Waals surface area contributed by atoms with Crippen molar-refractivity contribution in [3.8, 4) is 5.75 Å². The molecule has 0 spiro atoms. The molecule has 1 heterocycles. The number of aryl methyl sites for hydroxylation is 2. The van der Waals surface area contributed by atoms with Gasteiger partial charge in [0, 0.05) is 6.07 Å². The van der Waals surface area contributed by atoms with Crippen molar-refractivity contribution in [1.29, 1.82) is 0 Å². The predicted octanol–water partition coefficient (Wildman–Crippen LogP) is 2.79. The van der Waals surface area contributed by atoms with Crippen molar-refractivity contribution in [3.05, 3.63) is 40.7 Å². The molecule has 0 aliphatic carbocycles. The molecule has 0 amide bonds. The van der Waals surface area contributed by atoms with E-state index in [1.807, 2.05) is 0 Å². The summed E-state index contributed by atoms with van der Waals surface area (Å²) in [4.78, 5) is 0.0940. The average molecular weight is 315 g/mol. The van der Waals surface area contributed by atoms with Crippen molar-refractivity contribution in [3.63, 3.8) is 0 Å². The Balaban J connectivity index is 2.55. The first kappa shape index (κ1) is 14.9. The summed E-state index contributed by atoms with van der Waals surface area (Å²) >= 11 is 5.96. The van der Waals surface area contributed by atoms with Crippen LogP contribution in [0.3, 0.4) is 0 Å². The second kappa shape index (κ2) is 5.46. The molecule has 0 saturated heterocycles. The number of nitrogens with zero attached hydrogens (tertiary/aromatic N) is 2. The molecular formula is C13H15ClN2O3S. The van der Waals surface area contributed by atoms with Crippen LogP contribution in [0.5, 0.6) is 5.75 Å². The van der Waals surface area contributed by atoms with Gasteiger partial charge in [-0.1, -0.05) is 11.6 Å². The molecule has 2 aromatic rings. The standard InChI is InChI=1S/C13H15ClN2O3S/c1-4-19-13-8-11(5-6-12(13)14)20(17,18)16-10(3)7-9(2)15-16/h5-8H,4H2,1-3H3. The fourth-order valence-electron chi connectivity index (χ4n) is 1.86. The third-order valence-corrected chi connectivity index (χ3v) is 4.68. The highest BCUT2D eigenvalue weighted by molar-refractivity contribution is 7.89. The number of rotatable bonds is 4. The maximum absolute atomic E-state index is 12.5. The van der Waals surface area contributed by atoms with Crippen LogP contribution in [0.15, 0.2) is 29.2 Å². The summed E-state index contributed by atoms with van der Waals surface area (Å²) in [7, 11) is -3.74. The van der Waals surface area contributed by atoms with Gasteiger partial charge in [-0.25, -0.2) is 0 Å². The van der Waals surface area contributed by atoms with Gasteiger partial charge in [0.05, 0.1) is 27.9 Å². The van der Waals surface area contributed by atoms with E-state index in [-0.39, 0.29) is 4.90 Å². The first-order valence-corrected chi connectivity index (χ1v) is 7.89. The molecule has 0 bridgehead atoms. The second-order valence-corrected chi connectivity index (χ2v) is 6.47. The lowest BCUT2D eigenvalue weighted by atomic mass is 10.3. The van der Waals surface area contributed by atoms with Gasteiger partial charge in [0.2, 0.25) is 0 Å². The Morgan fingerprint density at radius 3 is 2.55 bits per heavy atom. The molecule has 0 fully saturated rings. The maximum atomic E-state index is 12.5. The number of halogens is 1. The van der Waals surface area contributed by atoms with E-state index in [9.17, 15) is 8.42 Å². The Morgan fingerprint density at radius 1 is 1.30 bits per heavy atom.